The topological polar surface area (TPSA) is 105 Å². The molecule has 0 saturated heterocycles. The van der Waals surface area contributed by atoms with E-state index in [1.54, 1.807) is 20.8 Å². The summed E-state index contributed by atoms with van der Waals surface area (Å²) in [6.07, 6.45) is -0.494. The van der Waals surface area contributed by atoms with E-state index in [0.717, 1.165) is 4.68 Å². The molecule has 0 spiro atoms. The predicted octanol–water partition coefficient (Wildman–Crippen LogP) is 0.512. The first-order chi connectivity index (χ1) is 9.17. The fourth-order valence-electron chi connectivity index (χ4n) is 2.01. The number of carboxylic acids is 1. The molecule has 1 aromatic rings. The minimum absolute atomic E-state index is 0.131. The third-order valence-electron chi connectivity index (χ3n) is 2.78. The number of ether oxygens (including phenoxy) is 1. The van der Waals surface area contributed by atoms with Crippen LogP contribution < -0.4 is 5.56 Å². The molecule has 20 heavy (non-hydrogen) atoms. The normalized spacial score (nSPS) is 14.2. The van der Waals surface area contributed by atoms with Crippen molar-refractivity contribution in [1.82, 2.24) is 14.7 Å². The highest BCUT2D eigenvalue weighted by Gasteiger charge is 2.31. The molecule has 0 radical (unpaired) electrons. The first-order valence-electron chi connectivity index (χ1n) is 6.17. The van der Waals surface area contributed by atoms with Crippen molar-refractivity contribution in [3.05, 3.63) is 21.6 Å². The van der Waals surface area contributed by atoms with Gasteiger partial charge >= 0.3 is 12.1 Å². The third kappa shape index (κ3) is 2.84. The van der Waals surface area contributed by atoms with Crippen molar-refractivity contribution in [3.8, 4) is 0 Å². The van der Waals surface area contributed by atoms with Crippen LogP contribution in [0.5, 0.6) is 0 Å². The van der Waals surface area contributed by atoms with Crippen LogP contribution in [-0.4, -0.2) is 37.5 Å². The zero-order valence-electron chi connectivity index (χ0n) is 11.6. The number of carboxylic acid groups (broad SMARTS) is 1. The Bertz CT molecular complexity index is 608. The summed E-state index contributed by atoms with van der Waals surface area (Å²) in [5.41, 5.74) is -0.0376. The van der Waals surface area contributed by atoms with Crippen LogP contribution in [0.2, 0.25) is 0 Å². The summed E-state index contributed by atoms with van der Waals surface area (Å²) >= 11 is 0. The van der Waals surface area contributed by atoms with Crippen molar-refractivity contribution >= 4 is 12.1 Å². The summed E-state index contributed by atoms with van der Waals surface area (Å²) < 4.78 is 6.25. The summed E-state index contributed by atoms with van der Waals surface area (Å²) in [7, 11) is 0. The van der Waals surface area contributed by atoms with Gasteiger partial charge in [0.1, 0.15) is 12.1 Å². The monoisotopic (exact) mass is 283 g/mol. The van der Waals surface area contributed by atoms with Gasteiger partial charge in [-0.2, -0.15) is 0 Å². The fraction of sp³-hybridized carbons (Fsp3) is 0.583. The number of aliphatic carboxylic acids is 1. The molecule has 8 heteroatoms. The fourth-order valence-corrected chi connectivity index (χ4v) is 2.01. The van der Waals surface area contributed by atoms with Gasteiger partial charge in [-0.15, -0.1) is 0 Å². The average molecular weight is 283 g/mol. The van der Waals surface area contributed by atoms with Gasteiger partial charge in [0.2, 0.25) is 0 Å². The molecule has 0 aliphatic carbocycles. The molecule has 2 rings (SSSR count). The number of nitrogens with one attached hydrogen (secondary N) is 1. The minimum atomic E-state index is -1.10. The summed E-state index contributed by atoms with van der Waals surface area (Å²) in [5.74, 6) is -1.10. The molecule has 0 unspecified atom stereocenters. The molecular weight excluding hydrogens is 266 g/mol. The van der Waals surface area contributed by atoms with Gasteiger partial charge in [0.25, 0.3) is 5.56 Å². The van der Waals surface area contributed by atoms with E-state index >= 15 is 0 Å². The lowest BCUT2D eigenvalue weighted by atomic mass is 10.2. The molecule has 0 bridgehead atoms. The summed E-state index contributed by atoms with van der Waals surface area (Å²) in [4.78, 5) is 35.8. The Morgan fingerprint density at radius 1 is 1.35 bits per heavy atom. The third-order valence-corrected chi connectivity index (χ3v) is 2.78. The minimum Gasteiger partial charge on any atom is -0.480 e. The smallest absolute Gasteiger partial charge is 0.410 e. The number of aromatic nitrogens is 2. The first kappa shape index (κ1) is 14.2. The Balaban J connectivity index is 2.11. The van der Waals surface area contributed by atoms with Gasteiger partial charge < -0.3 is 9.84 Å². The van der Waals surface area contributed by atoms with E-state index in [1.165, 1.54) is 4.90 Å². The van der Waals surface area contributed by atoms with Gasteiger partial charge in [0.05, 0.1) is 24.3 Å². The maximum atomic E-state index is 11.9. The number of carbonyl (C=O) groups is 2. The Morgan fingerprint density at radius 3 is 2.50 bits per heavy atom. The SMILES string of the molecule is CC(C)(C)OC(=O)N1Cc2[nH]n(CC(=O)O)c(=O)c2C1. The first-order valence-corrected chi connectivity index (χ1v) is 6.17. The lowest BCUT2D eigenvalue weighted by Gasteiger charge is -2.24. The second kappa shape index (κ2) is 4.69. The van der Waals surface area contributed by atoms with E-state index in [4.69, 9.17) is 9.84 Å². The molecular formula is C12H17N3O5. The van der Waals surface area contributed by atoms with Crippen molar-refractivity contribution in [2.45, 2.75) is 46.0 Å². The van der Waals surface area contributed by atoms with Crippen molar-refractivity contribution in [1.29, 1.82) is 0 Å². The zero-order chi connectivity index (χ0) is 15.1. The number of carbonyl (C=O) groups excluding carboxylic acids is 1. The number of fused-ring (bicyclic) bond motifs is 1. The summed E-state index contributed by atoms with van der Waals surface area (Å²) in [5, 5.41) is 11.4. The van der Waals surface area contributed by atoms with Gasteiger partial charge in [-0.1, -0.05) is 0 Å². The summed E-state index contributed by atoms with van der Waals surface area (Å²) in [6, 6.07) is 0. The number of H-pyrrole nitrogens is 1. The average Bonchev–Trinajstić information content (AvgIpc) is 2.78. The number of amides is 1. The van der Waals surface area contributed by atoms with Crippen LogP contribution in [0.3, 0.4) is 0 Å². The zero-order valence-corrected chi connectivity index (χ0v) is 11.6. The van der Waals surface area contributed by atoms with Crippen molar-refractivity contribution < 1.29 is 19.4 Å². The molecule has 0 atom stereocenters. The molecule has 8 nitrogen and oxygen atoms in total. The largest absolute Gasteiger partial charge is 0.480 e. The van der Waals surface area contributed by atoms with Gasteiger partial charge in [-0.25, -0.2) is 9.48 Å². The van der Waals surface area contributed by atoms with Crippen LogP contribution in [0.25, 0.3) is 0 Å². The second-order valence-corrected chi connectivity index (χ2v) is 5.69. The highest BCUT2D eigenvalue weighted by atomic mass is 16.6. The second-order valence-electron chi connectivity index (χ2n) is 5.69. The van der Waals surface area contributed by atoms with Gasteiger partial charge in [0.15, 0.2) is 0 Å². The van der Waals surface area contributed by atoms with Crippen LogP contribution in [-0.2, 0) is 29.2 Å². The Labute approximate surface area is 114 Å². The number of hydrogen-bond donors (Lipinski definition) is 2. The molecule has 110 valence electrons. The van der Waals surface area contributed by atoms with E-state index in [9.17, 15) is 14.4 Å². The molecule has 0 saturated carbocycles. The number of hydrogen-bond acceptors (Lipinski definition) is 4. The standard InChI is InChI=1S/C12H17N3O5/c1-12(2,3)20-11(19)14-4-7-8(5-14)13-15(10(7)18)6-9(16)17/h13H,4-6H2,1-3H3,(H,16,17). The highest BCUT2D eigenvalue weighted by Crippen LogP contribution is 2.20. The van der Waals surface area contributed by atoms with Gasteiger partial charge in [0, 0.05) is 0 Å². The molecule has 2 N–H and O–H groups in total. The maximum Gasteiger partial charge on any atom is 0.410 e. The van der Waals surface area contributed by atoms with Crippen molar-refractivity contribution in [2.24, 2.45) is 0 Å². The lowest BCUT2D eigenvalue weighted by molar-refractivity contribution is -0.138. The van der Waals surface area contributed by atoms with E-state index < -0.39 is 29.8 Å². The molecule has 1 aliphatic heterocycles. The molecule has 2 heterocycles. The van der Waals surface area contributed by atoms with Gasteiger partial charge in [-0.3, -0.25) is 19.6 Å². The van der Waals surface area contributed by atoms with Crippen LogP contribution in [0.4, 0.5) is 4.79 Å². The highest BCUT2D eigenvalue weighted by molar-refractivity contribution is 5.69. The van der Waals surface area contributed by atoms with Crippen molar-refractivity contribution in [2.75, 3.05) is 0 Å². The quantitative estimate of drug-likeness (QED) is 0.823. The number of nitrogens with zero attached hydrogens (tertiary/aromatic N) is 2. The van der Waals surface area contributed by atoms with E-state index in [-0.39, 0.29) is 13.1 Å². The lowest BCUT2D eigenvalue weighted by Crippen LogP contribution is -2.34. The Hall–Kier alpha value is -2.25. The molecule has 1 aliphatic rings. The van der Waals surface area contributed by atoms with Gasteiger partial charge in [-0.05, 0) is 20.8 Å². The van der Waals surface area contributed by atoms with Crippen LogP contribution in [0, 0.1) is 0 Å². The number of aromatic amines is 1. The van der Waals surface area contributed by atoms with Crippen LogP contribution in [0.1, 0.15) is 32.0 Å². The van der Waals surface area contributed by atoms with E-state index in [2.05, 4.69) is 5.10 Å². The van der Waals surface area contributed by atoms with Crippen LogP contribution >= 0.6 is 0 Å². The Kier molecular flexibility index (Phi) is 3.33. The Morgan fingerprint density at radius 2 is 2.00 bits per heavy atom. The maximum absolute atomic E-state index is 11.9. The number of rotatable bonds is 2. The molecule has 0 aromatic carbocycles. The molecule has 1 amide bonds. The van der Waals surface area contributed by atoms with E-state index in [0.29, 0.717) is 11.3 Å². The predicted molar refractivity (Wildman–Crippen MR) is 68.2 cm³/mol. The molecule has 1 aromatic heterocycles. The molecule has 0 fully saturated rings. The van der Waals surface area contributed by atoms with E-state index in [1.807, 2.05) is 0 Å². The van der Waals surface area contributed by atoms with Crippen molar-refractivity contribution in [3.63, 3.8) is 0 Å². The summed E-state index contributed by atoms with van der Waals surface area (Å²) in [6.45, 7) is 5.22. The van der Waals surface area contributed by atoms with Crippen LogP contribution in [0.15, 0.2) is 4.79 Å².